The van der Waals surface area contributed by atoms with Crippen molar-refractivity contribution >= 4 is 17.3 Å². The van der Waals surface area contributed by atoms with Gasteiger partial charge < -0.3 is 10.2 Å². The molecule has 0 radical (unpaired) electrons. The van der Waals surface area contributed by atoms with E-state index in [2.05, 4.69) is 5.32 Å². The largest absolute Gasteiger partial charge is 0.418 e. The second-order valence-electron chi connectivity index (χ2n) is 5.92. The summed E-state index contributed by atoms with van der Waals surface area (Å²) in [5.74, 6) is -2.70. The molecule has 2 aromatic rings. The normalized spacial score (nSPS) is 11.3. The molecule has 0 saturated heterocycles. The summed E-state index contributed by atoms with van der Waals surface area (Å²) >= 11 is 0. The van der Waals surface area contributed by atoms with Crippen LogP contribution in [-0.4, -0.2) is 20.0 Å². The van der Waals surface area contributed by atoms with E-state index in [0.29, 0.717) is 11.3 Å². The van der Waals surface area contributed by atoms with Crippen LogP contribution in [0.1, 0.15) is 17.5 Å². The number of rotatable bonds is 5. The van der Waals surface area contributed by atoms with Gasteiger partial charge >= 0.3 is 6.18 Å². The minimum atomic E-state index is -4.63. The Bertz CT molecular complexity index is 803. The summed E-state index contributed by atoms with van der Waals surface area (Å²) < 4.78 is 65.7. The number of carbonyl (C=O) groups is 1. The average molecular weight is 372 g/mol. The van der Waals surface area contributed by atoms with E-state index in [-0.39, 0.29) is 18.5 Å². The molecule has 0 heterocycles. The van der Waals surface area contributed by atoms with Gasteiger partial charge in [-0.05, 0) is 42.3 Å². The zero-order valence-electron chi connectivity index (χ0n) is 14.1. The summed E-state index contributed by atoms with van der Waals surface area (Å²) in [5.41, 5.74) is -0.585. The van der Waals surface area contributed by atoms with Gasteiger partial charge in [-0.15, -0.1) is 0 Å². The average Bonchev–Trinajstić information content (AvgIpc) is 2.55. The fourth-order valence-corrected chi connectivity index (χ4v) is 2.32. The smallest absolute Gasteiger partial charge is 0.378 e. The zero-order valence-corrected chi connectivity index (χ0v) is 14.1. The van der Waals surface area contributed by atoms with Crippen LogP contribution in [0.15, 0.2) is 36.4 Å². The molecule has 0 saturated carbocycles. The Morgan fingerprint density at radius 1 is 1.04 bits per heavy atom. The summed E-state index contributed by atoms with van der Waals surface area (Å²) in [6, 6.07) is 6.80. The van der Waals surface area contributed by atoms with E-state index in [1.165, 1.54) is 23.1 Å². The van der Waals surface area contributed by atoms with Crippen molar-refractivity contribution < 1.29 is 26.7 Å². The van der Waals surface area contributed by atoms with Gasteiger partial charge in [0.25, 0.3) is 0 Å². The molecule has 2 rings (SSSR count). The van der Waals surface area contributed by atoms with Gasteiger partial charge in [0.05, 0.1) is 11.3 Å². The lowest BCUT2D eigenvalue weighted by atomic mass is 10.1. The number of halogens is 5. The topological polar surface area (TPSA) is 32.3 Å². The first-order chi connectivity index (χ1) is 12.1. The van der Waals surface area contributed by atoms with Crippen molar-refractivity contribution in [1.29, 1.82) is 0 Å². The van der Waals surface area contributed by atoms with Gasteiger partial charge in [-0.2, -0.15) is 13.2 Å². The minimum Gasteiger partial charge on any atom is -0.378 e. The Balaban J connectivity index is 2.11. The third kappa shape index (κ3) is 4.93. The molecule has 0 atom stereocenters. The van der Waals surface area contributed by atoms with Crippen LogP contribution in [0, 0.1) is 11.6 Å². The van der Waals surface area contributed by atoms with Gasteiger partial charge in [0.1, 0.15) is 0 Å². The first-order valence-corrected chi connectivity index (χ1v) is 7.70. The predicted molar refractivity (Wildman–Crippen MR) is 89.1 cm³/mol. The Kier molecular flexibility index (Phi) is 5.84. The standard InChI is InChI=1S/C18H17F5N2O/c1-25(2)12-5-7-16(13(10-12)18(21,22)23)24-17(26)8-4-11-3-6-14(19)15(20)9-11/h3,5-7,9-10H,4,8H2,1-2H3,(H,24,26). The molecule has 0 aliphatic carbocycles. The maximum absolute atomic E-state index is 13.2. The second-order valence-corrected chi connectivity index (χ2v) is 5.92. The maximum atomic E-state index is 13.2. The number of alkyl halides is 3. The van der Waals surface area contributed by atoms with Gasteiger partial charge in [-0.1, -0.05) is 6.07 Å². The highest BCUT2D eigenvalue weighted by atomic mass is 19.4. The molecule has 1 N–H and O–H groups in total. The number of aryl methyl sites for hydroxylation is 1. The summed E-state index contributed by atoms with van der Waals surface area (Å²) in [4.78, 5) is 13.5. The SMILES string of the molecule is CN(C)c1ccc(NC(=O)CCc2ccc(F)c(F)c2)c(C(F)(F)F)c1. The molecule has 1 amide bonds. The molecular formula is C18H17F5N2O. The van der Waals surface area contributed by atoms with Crippen LogP contribution < -0.4 is 10.2 Å². The van der Waals surface area contributed by atoms with E-state index >= 15 is 0 Å². The number of amides is 1. The summed E-state index contributed by atoms with van der Waals surface area (Å²) in [7, 11) is 3.21. The number of carbonyl (C=O) groups excluding carboxylic acids is 1. The van der Waals surface area contributed by atoms with Crippen LogP contribution in [0.25, 0.3) is 0 Å². The highest BCUT2D eigenvalue weighted by Gasteiger charge is 2.34. The summed E-state index contributed by atoms with van der Waals surface area (Å²) in [6.45, 7) is 0. The summed E-state index contributed by atoms with van der Waals surface area (Å²) in [5, 5.41) is 2.23. The van der Waals surface area contributed by atoms with Crippen molar-refractivity contribution in [1.82, 2.24) is 0 Å². The highest BCUT2D eigenvalue weighted by Crippen LogP contribution is 2.37. The van der Waals surface area contributed by atoms with Gasteiger partial charge in [0, 0.05) is 26.2 Å². The van der Waals surface area contributed by atoms with Gasteiger partial charge in [0.2, 0.25) is 5.91 Å². The van der Waals surface area contributed by atoms with Gasteiger partial charge in [0.15, 0.2) is 11.6 Å². The zero-order chi connectivity index (χ0) is 19.5. The van der Waals surface area contributed by atoms with Crippen molar-refractivity contribution in [3.8, 4) is 0 Å². The number of anilines is 2. The third-order valence-electron chi connectivity index (χ3n) is 3.72. The Labute approximate surface area is 147 Å². The fourth-order valence-electron chi connectivity index (χ4n) is 2.32. The third-order valence-corrected chi connectivity index (χ3v) is 3.72. The van der Waals surface area contributed by atoms with E-state index in [4.69, 9.17) is 0 Å². The predicted octanol–water partition coefficient (Wildman–Crippen LogP) is 4.62. The molecule has 0 aliphatic heterocycles. The molecule has 0 bridgehead atoms. The first-order valence-electron chi connectivity index (χ1n) is 7.70. The van der Waals surface area contributed by atoms with Gasteiger partial charge in [-0.25, -0.2) is 8.78 Å². The lowest BCUT2D eigenvalue weighted by Crippen LogP contribution is -2.18. The van der Waals surface area contributed by atoms with E-state index in [1.54, 1.807) is 14.1 Å². The van der Waals surface area contributed by atoms with Crippen molar-refractivity contribution in [2.75, 3.05) is 24.3 Å². The molecule has 0 aliphatic rings. The number of benzene rings is 2. The van der Waals surface area contributed by atoms with Crippen molar-refractivity contribution in [2.24, 2.45) is 0 Å². The molecule has 2 aromatic carbocycles. The Morgan fingerprint density at radius 3 is 2.31 bits per heavy atom. The van der Waals surface area contributed by atoms with Crippen LogP contribution in [0.4, 0.5) is 33.3 Å². The molecule has 0 spiro atoms. The number of hydrogen-bond acceptors (Lipinski definition) is 2. The fraction of sp³-hybridized carbons (Fsp3) is 0.278. The van der Waals surface area contributed by atoms with Crippen LogP contribution in [-0.2, 0) is 17.4 Å². The van der Waals surface area contributed by atoms with E-state index in [1.807, 2.05) is 0 Å². The lowest BCUT2D eigenvalue weighted by molar-refractivity contribution is -0.136. The molecule has 8 heteroatoms. The number of nitrogens with zero attached hydrogens (tertiary/aromatic N) is 1. The molecule has 140 valence electrons. The number of hydrogen-bond donors (Lipinski definition) is 1. The van der Waals surface area contributed by atoms with Crippen molar-refractivity contribution in [3.63, 3.8) is 0 Å². The van der Waals surface area contributed by atoms with E-state index in [9.17, 15) is 26.7 Å². The Hall–Kier alpha value is -2.64. The van der Waals surface area contributed by atoms with E-state index < -0.39 is 29.3 Å². The number of nitrogens with one attached hydrogen (secondary N) is 1. The molecule has 3 nitrogen and oxygen atoms in total. The van der Waals surface area contributed by atoms with Crippen LogP contribution in [0.5, 0.6) is 0 Å². The van der Waals surface area contributed by atoms with Crippen LogP contribution in [0.3, 0.4) is 0 Å². The molecular weight excluding hydrogens is 355 g/mol. The highest BCUT2D eigenvalue weighted by molar-refractivity contribution is 5.92. The molecule has 26 heavy (non-hydrogen) atoms. The van der Waals surface area contributed by atoms with Crippen molar-refractivity contribution in [3.05, 3.63) is 59.2 Å². The van der Waals surface area contributed by atoms with Crippen LogP contribution >= 0.6 is 0 Å². The van der Waals surface area contributed by atoms with E-state index in [0.717, 1.165) is 18.2 Å². The minimum absolute atomic E-state index is 0.0696. The van der Waals surface area contributed by atoms with Gasteiger partial charge in [-0.3, -0.25) is 4.79 Å². The summed E-state index contributed by atoms with van der Waals surface area (Å²) in [6.07, 6.45) is -4.73. The first kappa shape index (κ1) is 19.7. The Morgan fingerprint density at radius 2 is 1.73 bits per heavy atom. The van der Waals surface area contributed by atoms with Crippen molar-refractivity contribution in [2.45, 2.75) is 19.0 Å². The molecule has 0 fully saturated rings. The lowest BCUT2D eigenvalue weighted by Gasteiger charge is -2.18. The monoisotopic (exact) mass is 372 g/mol. The molecule has 0 aromatic heterocycles. The maximum Gasteiger partial charge on any atom is 0.418 e. The quantitative estimate of drug-likeness (QED) is 0.777. The van der Waals surface area contributed by atoms with Crippen LogP contribution in [0.2, 0.25) is 0 Å². The molecule has 0 unspecified atom stereocenters. The second kappa shape index (κ2) is 7.72.